The molecule has 0 bridgehead atoms. The quantitative estimate of drug-likeness (QED) is 0.732. The molecule has 1 fully saturated rings. The van der Waals surface area contributed by atoms with Gasteiger partial charge in [-0.25, -0.2) is 13.1 Å². The summed E-state index contributed by atoms with van der Waals surface area (Å²) in [5, 5.41) is 4.45. The van der Waals surface area contributed by atoms with Crippen LogP contribution in [0.2, 0.25) is 0 Å². The molecule has 2 aromatic rings. The number of ether oxygens (including phenoxy) is 1. The summed E-state index contributed by atoms with van der Waals surface area (Å²) in [7, 11) is -3.67. The lowest BCUT2D eigenvalue weighted by Crippen LogP contribution is -2.40. The average Bonchev–Trinajstić information content (AvgIpc) is 2.97. The lowest BCUT2D eigenvalue weighted by Gasteiger charge is -2.30. The van der Waals surface area contributed by atoms with Crippen LogP contribution in [-0.2, 0) is 19.6 Å². The first-order valence-corrected chi connectivity index (χ1v) is 10.6. The zero-order valence-corrected chi connectivity index (χ0v) is 16.7. The zero-order chi connectivity index (χ0) is 19.6. The van der Waals surface area contributed by atoms with E-state index >= 15 is 0 Å². The first kappa shape index (κ1) is 19.6. The van der Waals surface area contributed by atoms with Crippen molar-refractivity contribution < 1.29 is 17.9 Å². The molecular weight excluding hydrogens is 366 g/mol. The molecule has 0 radical (unpaired) electrons. The van der Waals surface area contributed by atoms with Gasteiger partial charge in [0.25, 0.3) is 0 Å². The summed E-state index contributed by atoms with van der Waals surface area (Å²) in [5.41, 5.74) is 1.88. The fourth-order valence-electron chi connectivity index (χ4n) is 3.54. The van der Waals surface area contributed by atoms with Crippen molar-refractivity contribution in [3.05, 3.63) is 41.7 Å². The number of carbonyl (C=O) groups is 1. The van der Waals surface area contributed by atoms with Gasteiger partial charge in [-0.3, -0.25) is 4.79 Å². The average molecular weight is 391 g/mol. The van der Waals surface area contributed by atoms with Crippen molar-refractivity contribution >= 4 is 16.0 Å². The van der Waals surface area contributed by atoms with E-state index in [1.54, 1.807) is 25.5 Å². The first-order chi connectivity index (χ1) is 12.9. The number of piperidine rings is 1. The van der Waals surface area contributed by atoms with Gasteiger partial charge in [0.15, 0.2) is 0 Å². The van der Waals surface area contributed by atoms with Gasteiger partial charge in [0.2, 0.25) is 10.0 Å². The van der Waals surface area contributed by atoms with Gasteiger partial charge in [-0.15, -0.1) is 0 Å². The fraction of sp³-hybridized carbons (Fsp3) is 0.474. The third kappa shape index (κ3) is 3.77. The zero-order valence-electron chi connectivity index (χ0n) is 15.9. The Hall–Kier alpha value is -2.19. The monoisotopic (exact) mass is 391 g/mol. The third-order valence-electron chi connectivity index (χ3n) is 4.90. The lowest BCUT2D eigenvalue weighted by molar-refractivity contribution is -0.149. The van der Waals surface area contributed by atoms with E-state index in [0.717, 1.165) is 5.69 Å². The summed E-state index contributed by atoms with van der Waals surface area (Å²) in [6.45, 7) is 6.21. The van der Waals surface area contributed by atoms with Crippen LogP contribution in [0.3, 0.4) is 0 Å². The molecule has 0 unspecified atom stereocenters. The minimum Gasteiger partial charge on any atom is -0.466 e. The molecule has 1 aliphatic heterocycles. The molecule has 0 spiro atoms. The van der Waals surface area contributed by atoms with Crippen molar-refractivity contribution in [3.63, 3.8) is 0 Å². The Morgan fingerprint density at radius 3 is 2.41 bits per heavy atom. The van der Waals surface area contributed by atoms with E-state index in [9.17, 15) is 13.2 Å². The number of aryl methyl sites for hydroxylation is 1. The van der Waals surface area contributed by atoms with Gasteiger partial charge in [-0.2, -0.15) is 9.40 Å². The van der Waals surface area contributed by atoms with Crippen molar-refractivity contribution in [1.82, 2.24) is 14.1 Å². The maximum absolute atomic E-state index is 13.2. The Morgan fingerprint density at radius 1 is 1.19 bits per heavy atom. The maximum Gasteiger partial charge on any atom is 0.309 e. The van der Waals surface area contributed by atoms with Gasteiger partial charge in [0.05, 0.1) is 29.6 Å². The highest BCUT2D eigenvalue weighted by molar-refractivity contribution is 7.89. The van der Waals surface area contributed by atoms with Crippen LogP contribution in [0.25, 0.3) is 5.69 Å². The summed E-state index contributed by atoms with van der Waals surface area (Å²) in [6.07, 6.45) is 0.950. The second-order valence-electron chi connectivity index (χ2n) is 6.68. The Kier molecular flexibility index (Phi) is 5.67. The van der Waals surface area contributed by atoms with Crippen molar-refractivity contribution in [2.24, 2.45) is 5.92 Å². The van der Waals surface area contributed by atoms with E-state index in [1.165, 1.54) is 4.31 Å². The highest BCUT2D eigenvalue weighted by Gasteiger charge is 2.35. The molecule has 1 saturated heterocycles. The summed E-state index contributed by atoms with van der Waals surface area (Å²) in [6, 6.07) is 9.46. The molecular formula is C19H25N3O4S. The highest BCUT2D eigenvalue weighted by atomic mass is 32.2. The van der Waals surface area contributed by atoms with Crippen LogP contribution in [0.4, 0.5) is 0 Å². The van der Waals surface area contributed by atoms with Gasteiger partial charge in [0, 0.05) is 13.1 Å². The number of nitrogens with zero attached hydrogens (tertiary/aromatic N) is 3. The largest absolute Gasteiger partial charge is 0.466 e. The van der Waals surface area contributed by atoms with Crippen LogP contribution < -0.4 is 0 Å². The number of esters is 1. The van der Waals surface area contributed by atoms with Gasteiger partial charge in [-0.1, -0.05) is 18.2 Å². The fourth-order valence-corrected chi connectivity index (χ4v) is 5.37. The molecule has 8 heteroatoms. The second-order valence-corrected chi connectivity index (χ2v) is 8.55. The van der Waals surface area contributed by atoms with Crippen LogP contribution in [0.1, 0.15) is 31.2 Å². The smallest absolute Gasteiger partial charge is 0.309 e. The van der Waals surface area contributed by atoms with Crippen LogP contribution in [-0.4, -0.2) is 48.2 Å². The third-order valence-corrected chi connectivity index (χ3v) is 7.05. The molecule has 27 heavy (non-hydrogen) atoms. The van der Waals surface area contributed by atoms with Gasteiger partial charge >= 0.3 is 5.97 Å². The Labute approximate surface area is 160 Å². The van der Waals surface area contributed by atoms with Gasteiger partial charge in [-0.05, 0) is 45.7 Å². The number of hydrogen-bond acceptors (Lipinski definition) is 5. The number of carbonyl (C=O) groups excluding carboxylic acids is 1. The van der Waals surface area contributed by atoms with Crippen LogP contribution in [0.15, 0.2) is 35.2 Å². The molecule has 1 aliphatic rings. The van der Waals surface area contributed by atoms with E-state index in [2.05, 4.69) is 5.10 Å². The van der Waals surface area contributed by atoms with Crippen molar-refractivity contribution in [3.8, 4) is 5.69 Å². The number of sulfonamides is 1. The minimum atomic E-state index is -3.67. The summed E-state index contributed by atoms with van der Waals surface area (Å²) < 4.78 is 34.6. The minimum absolute atomic E-state index is 0.231. The first-order valence-electron chi connectivity index (χ1n) is 9.14. The van der Waals surface area contributed by atoms with E-state index < -0.39 is 10.0 Å². The predicted octanol–water partition coefficient (Wildman–Crippen LogP) is 2.45. The second kappa shape index (κ2) is 7.82. The molecule has 3 rings (SSSR count). The van der Waals surface area contributed by atoms with Crippen LogP contribution in [0.5, 0.6) is 0 Å². The normalized spacial score (nSPS) is 16.4. The summed E-state index contributed by atoms with van der Waals surface area (Å²) in [5.74, 6) is -0.468. The van der Waals surface area contributed by atoms with Crippen molar-refractivity contribution in [2.75, 3.05) is 19.7 Å². The molecule has 7 nitrogen and oxygen atoms in total. The summed E-state index contributed by atoms with van der Waals surface area (Å²) in [4.78, 5) is 12.1. The molecule has 0 amide bonds. The molecule has 1 aromatic heterocycles. The summed E-state index contributed by atoms with van der Waals surface area (Å²) >= 11 is 0. The highest BCUT2D eigenvalue weighted by Crippen LogP contribution is 2.29. The Balaban J connectivity index is 1.84. The number of rotatable bonds is 5. The van der Waals surface area contributed by atoms with Crippen molar-refractivity contribution in [2.45, 2.75) is 38.5 Å². The topological polar surface area (TPSA) is 81.5 Å². The maximum atomic E-state index is 13.2. The number of para-hydroxylation sites is 1. The van der Waals surface area contributed by atoms with E-state index in [4.69, 9.17) is 4.74 Å². The van der Waals surface area contributed by atoms with Gasteiger partial charge < -0.3 is 4.74 Å². The van der Waals surface area contributed by atoms with Crippen LogP contribution >= 0.6 is 0 Å². The lowest BCUT2D eigenvalue weighted by atomic mass is 9.98. The van der Waals surface area contributed by atoms with E-state index in [-0.39, 0.29) is 16.8 Å². The van der Waals surface area contributed by atoms with E-state index in [0.29, 0.717) is 43.9 Å². The SMILES string of the molecule is CCOC(=O)C1CCN(S(=O)(=O)c2c(C)nn(-c3ccccc3)c2C)CC1. The number of benzene rings is 1. The molecule has 0 aliphatic carbocycles. The molecule has 0 saturated carbocycles. The standard InChI is InChI=1S/C19H25N3O4S/c1-4-26-19(23)16-10-12-21(13-11-16)27(24,25)18-14(2)20-22(15(18)3)17-8-6-5-7-9-17/h5-9,16H,4,10-13H2,1-3H3. The molecule has 0 atom stereocenters. The van der Waals surface area contributed by atoms with Gasteiger partial charge in [0.1, 0.15) is 4.90 Å². The van der Waals surface area contributed by atoms with E-state index in [1.807, 2.05) is 30.3 Å². The molecule has 2 heterocycles. The van der Waals surface area contributed by atoms with Crippen molar-refractivity contribution in [1.29, 1.82) is 0 Å². The number of aromatic nitrogens is 2. The predicted molar refractivity (Wildman–Crippen MR) is 101 cm³/mol. The Bertz CT molecular complexity index is 914. The van der Waals surface area contributed by atoms with Crippen LogP contribution in [0, 0.1) is 19.8 Å². The molecule has 146 valence electrons. The molecule has 1 aromatic carbocycles. The Morgan fingerprint density at radius 2 is 1.81 bits per heavy atom. The molecule has 0 N–H and O–H groups in total. The number of hydrogen-bond donors (Lipinski definition) is 0.